The van der Waals surface area contributed by atoms with E-state index in [4.69, 9.17) is 4.52 Å². The van der Waals surface area contributed by atoms with Gasteiger partial charge in [-0.25, -0.2) is 4.98 Å². The Morgan fingerprint density at radius 2 is 2.04 bits per heavy atom. The molecule has 0 aliphatic rings. The van der Waals surface area contributed by atoms with Crippen molar-refractivity contribution in [3.63, 3.8) is 0 Å². The van der Waals surface area contributed by atoms with Crippen molar-refractivity contribution in [3.05, 3.63) is 64.6 Å². The number of aryl methyl sites for hydroxylation is 1. The molecule has 7 heteroatoms. The van der Waals surface area contributed by atoms with E-state index in [2.05, 4.69) is 36.7 Å². The zero-order valence-corrected chi connectivity index (χ0v) is 13.8. The molecular weight excluding hydrogens is 360 g/mol. The smallest absolute Gasteiger partial charge is 0.274 e. The van der Waals surface area contributed by atoms with Crippen LogP contribution in [0.2, 0.25) is 0 Å². The van der Waals surface area contributed by atoms with Crippen molar-refractivity contribution in [1.29, 1.82) is 0 Å². The van der Waals surface area contributed by atoms with Gasteiger partial charge in [0.15, 0.2) is 5.82 Å². The van der Waals surface area contributed by atoms with E-state index in [1.54, 1.807) is 24.4 Å². The highest BCUT2D eigenvalue weighted by Gasteiger charge is 2.09. The number of hydrogen-bond donors (Lipinski definition) is 2. The Balaban J connectivity index is 1.69. The van der Waals surface area contributed by atoms with Crippen molar-refractivity contribution in [2.24, 2.45) is 0 Å². The highest BCUT2D eigenvalue weighted by molar-refractivity contribution is 9.10. The quantitative estimate of drug-likeness (QED) is 0.719. The second-order valence-corrected chi connectivity index (χ2v) is 5.67. The van der Waals surface area contributed by atoms with Gasteiger partial charge in [-0.1, -0.05) is 17.3 Å². The summed E-state index contributed by atoms with van der Waals surface area (Å²) in [6, 6.07) is 12.6. The number of anilines is 3. The lowest BCUT2D eigenvalue weighted by molar-refractivity contribution is 0.102. The second kappa shape index (κ2) is 6.62. The molecule has 1 aromatic carbocycles. The van der Waals surface area contributed by atoms with Crippen LogP contribution in [0, 0.1) is 6.92 Å². The van der Waals surface area contributed by atoms with E-state index in [-0.39, 0.29) is 5.91 Å². The van der Waals surface area contributed by atoms with Gasteiger partial charge in [0, 0.05) is 10.5 Å². The van der Waals surface area contributed by atoms with Crippen LogP contribution in [0.15, 0.2) is 57.7 Å². The molecule has 0 spiro atoms. The molecular formula is C16H13BrN4O2. The van der Waals surface area contributed by atoms with Gasteiger partial charge < -0.3 is 15.2 Å². The average Bonchev–Trinajstić information content (AvgIpc) is 2.95. The number of nitrogens with one attached hydrogen (secondary N) is 2. The number of nitrogens with zero attached hydrogens (tertiary/aromatic N) is 2. The third-order valence-electron chi connectivity index (χ3n) is 3.02. The molecule has 0 fully saturated rings. The first-order valence-electron chi connectivity index (χ1n) is 6.84. The molecule has 23 heavy (non-hydrogen) atoms. The number of pyridine rings is 1. The fourth-order valence-corrected chi connectivity index (χ4v) is 2.31. The Morgan fingerprint density at radius 3 is 2.70 bits per heavy atom. The van der Waals surface area contributed by atoms with Gasteiger partial charge in [-0.15, -0.1) is 0 Å². The van der Waals surface area contributed by atoms with Gasteiger partial charge in [-0.3, -0.25) is 4.79 Å². The van der Waals surface area contributed by atoms with Crippen LogP contribution in [0.5, 0.6) is 0 Å². The molecule has 6 nitrogen and oxygen atoms in total. The summed E-state index contributed by atoms with van der Waals surface area (Å²) in [5.74, 6) is 1.03. The summed E-state index contributed by atoms with van der Waals surface area (Å²) in [6.45, 7) is 1.81. The lowest BCUT2D eigenvalue weighted by Gasteiger charge is -2.07. The Morgan fingerprint density at radius 1 is 1.22 bits per heavy atom. The van der Waals surface area contributed by atoms with Crippen LogP contribution in [0.4, 0.5) is 17.2 Å². The van der Waals surface area contributed by atoms with Crippen LogP contribution < -0.4 is 10.6 Å². The van der Waals surface area contributed by atoms with Crippen molar-refractivity contribution < 1.29 is 9.32 Å². The van der Waals surface area contributed by atoms with Gasteiger partial charge in [0.2, 0.25) is 0 Å². The zero-order valence-electron chi connectivity index (χ0n) is 12.2. The minimum absolute atomic E-state index is 0.277. The first kappa shape index (κ1) is 15.2. The van der Waals surface area contributed by atoms with Crippen LogP contribution in [-0.2, 0) is 0 Å². The molecule has 2 N–H and O–H groups in total. The first-order valence-corrected chi connectivity index (χ1v) is 7.63. The summed E-state index contributed by atoms with van der Waals surface area (Å²) in [7, 11) is 0. The Labute approximate surface area is 141 Å². The van der Waals surface area contributed by atoms with E-state index in [1.807, 2.05) is 31.2 Å². The third kappa shape index (κ3) is 3.75. The second-order valence-electron chi connectivity index (χ2n) is 4.81. The molecule has 116 valence electrons. The normalized spacial score (nSPS) is 10.3. The molecule has 0 unspecified atom stereocenters. The number of para-hydroxylation sites is 1. The number of benzene rings is 1. The Hall–Kier alpha value is -2.67. The molecule has 0 aliphatic carbocycles. The molecule has 3 aromatic rings. The topological polar surface area (TPSA) is 80.0 Å². The van der Waals surface area contributed by atoms with Crippen molar-refractivity contribution >= 4 is 39.0 Å². The van der Waals surface area contributed by atoms with Crippen LogP contribution >= 0.6 is 15.9 Å². The summed E-state index contributed by atoms with van der Waals surface area (Å²) >= 11 is 3.39. The van der Waals surface area contributed by atoms with Crippen molar-refractivity contribution in [2.75, 3.05) is 10.6 Å². The van der Waals surface area contributed by atoms with Gasteiger partial charge in [0.05, 0.1) is 17.6 Å². The molecule has 0 bridgehead atoms. The van der Waals surface area contributed by atoms with Gasteiger partial charge in [0.25, 0.3) is 5.91 Å². The number of carbonyl (C=O) groups is 1. The fraction of sp³-hybridized carbons (Fsp3) is 0.0625. The van der Waals surface area contributed by atoms with Gasteiger partial charge in [0.1, 0.15) is 11.5 Å². The van der Waals surface area contributed by atoms with Gasteiger partial charge in [-0.2, -0.15) is 0 Å². The number of halogens is 1. The first-order chi connectivity index (χ1) is 11.1. The SMILES string of the molecule is Cc1cc(Nc2ccc(C(=O)Nc3ccccc3Br)nc2)no1. The van der Waals surface area contributed by atoms with Crippen LogP contribution in [-0.4, -0.2) is 16.0 Å². The lowest BCUT2D eigenvalue weighted by Crippen LogP contribution is -2.13. The molecule has 0 aliphatic heterocycles. The summed E-state index contributed by atoms with van der Waals surface area (Å²) in [6.07, 6.45) is 1.57. The van der Waals surface area contributed by atoms with E-state index in [1.165, 1.54) is 0 Å². The van der Waals surface area contributed by atoms with Crippen LogP contribution in [0.25, 0.3) is 0 Å². The zero-order chi connectivity index (χ0) is 16.2. The molecule has 2 aromatic heterocycles. The number of hydrogen-bond acceptors (Lipinski definition) is 5. The largest absolute Gasteiger partial charge is 0.360 e. The number of amides is 1. The summed E-state index contributed by atoms with van der Waals surface area (Å²) in [5.41, 5.74) is 1.73. The molecule has 0 radical (unpaired) electrons. The predicted molar refractivity (Wildman–Crippen MR) is 90.9 cm³/mol. The van der Waals surface area contributed by atoms with Crippen LogP contribution in [0.1, 0.15) is 16.2 Å². The lowest BCUT2D eigenvalue weighted by atomic mass is 10.3. The highest BCUT2D eigenvalue weighted by atomic mass is 79.9. The number of rotatable bonds is 4. The molecule has 3 rings (SSSR count). The van der Waals surface area contributed by atoms with E-state index in [0.717, 1.165) is 10.2 Å². The maximum atomic E-state index is 12.2. The molecule has 0 saturated carbocycles. The minimum Gasteiger partial charge on any atom is -0.360 e. The van der Waals surface area contributed by atoms with E-state index in [0.29, 0.717) is 23.0 Å². The van der Waals surface area contributed by atoms with Gasteiger partial charge in [-0.05, 0) is 47.1 Å². The standard InChI is InChI=1S/C16H13BrN4O2/c1-10-8-15(21-23-10)19-11-6-7-14(18-9-11)16(22)20-13-5-3-2-4-12(13)17/h2-9H,1H3,(H,19,21)(H,20,22). The third-order valence-corrected chi connectivity index (χ3v) is 3.71. The summed E-state index contributed by atoms with van der Waals surface area (Å²) < 4.78 is 5.79. The van der Waals surface area contributed by atoms with E-state index >= 15 is 0 Å². The molecule has 0 saturated heterocycles. The van der Waals surface area contributed by atoms with Crippen molar-refractivity contribution in [2.45, 2.75) is 6.92 Å². The van der Waals surface area contributed by atoms with Gasteiger partial charge >= 0.3 is 0 Å². The van der Waals surface area contributed by atoms with Crippen molar-refractivity contribution in [3.8, 4) is 0 Å². The van der Waals surface area contributed by atoms with E-state index in [9.17, 15) is 4.79 Å². The maximum Gasteiger partial charge on any atom is 0.274 e. The summed E-state index contributed by atoms with van der Waals surface area (Å²) in [4.78, 5) is 16.4. The summed E-state index contributed by atoms with van der Waals surface area (Å²) in [5, 5.41) is 9.68. The van der Waals surface area contributed by atoms with Crippen LogP contribution in [0.3, 0.4) is 0 Å². The predicted octanol–water partition coefficient (Wildman–Crippen LogP) is 4.14. The Kier molecular flexibility index (Phi) is 4.38. The van der Waals surface area contributed by atoms with E-state index < -0.39 is 0 Å². The monoisotopic (exact) mass is 372 g/mol. The Bertz CT molecular complexity index is 830. The number of carbonyl (C=O) groups excluding carboxylic acids is 1. The fourth-order valence-electron chi connectivity index (χ4n) is 1.92. The average molecular weight is 373 g/mol. The minimum atomic E-state index is -0.277. The maximum absolute atomic E-state index is 12.2. The van der Waals surface area contributed by atoms with Crippen molar-refractivity contribution in [1.82, 2.24) is 10.1 Å². The molecule has 1 amide bonds. The number of aromatic nitrogens is 2. The molecule has 0 atom stereocenters. The molecule has 2 heterocycles. The highest BCUT2D eigenvalue weighted by Crippen LogP contribution is 2.22.